The van der Waals surface area contributed by atoms with Gasteiger partial charge in [-0.2, -0.15) is 0 Å². The number of benzene rings is 8. The normalized spacial score (nSPS) is 12.8. The Morgan fingerprint density at radius 1 is 0.347 bits per heavy atom. The number of fused-ring (bicyclic) bond motifs is 3. The van der Waals surface area contributed by atoms with Gasteiger partial charge in [0.05, 0.1) is 5.54 Å². The molecular formula is C72H83N3. The number of hydrogen-bond acceptors (Lipinski definition) is 3. The van der Waals surface area contributed by atoms with Crippen molar-refractivity contribution in [1.29, 1.82) is 0 Å². The van der Waals surface area contributed by atoms with Crippen LogP contribution in [-0.4, -0.2) is 5.54 Å². The van der Waals surface area contributed by atoms with E-state index in [2.05, 4.69) is 269 Å². The van der Waals surface area contributed by atoms with Crippen LogP contribution >= 0.6 is 0 Å². The van der Waals surface area contributed by atoms with Crippen LogP contribution in [0.3, 0.4) is 0 Å². The van der Waals surface area contributed by atoms with Crippen LogP contribution in [0.2, 0.25) is 0 Å². The first kappa shape index (κ1) is 53.0. The van der Waals surface area contributed by atoms with Gasteiger partial charge < -0.3 is 14.7 Å². The summed E-state index contributed by atoms with van der Waals surface area (Å²) in [5.41, 5.74) is 17.8. The number of unbranched alkanes of at least 4 members (excludes halogenated alkanes) is 6. The van der Waals surface area contributed by atoms with Crippen molar-refractivity contribution < 1.29 is 0 Å². The van der Waals surface area contributed by atoms with Crippen molar-refractivity contribution in [1.82, 2.24) is 0 Å². The van der Waals surface area contributed by atoms with E-state index in [-0.39, 0.29) is 16.5 Å². The van der Waals surface area contributed by atoms with E-state index in [1.165, 1.54) is 119 Å². The molecule has 0 saturated carbocycles. The molecule has 3 heteroatoms. The summed E-state index contributed by atoms with van der Waals surface area (Å²) in [6.07, 6.45) is 16.3. The maximum absolute atomic E-state index is 2.70. The highest BCUT2D eigenvalue weighted by molar-refractivity contribution is 5.87. The van der Waals surface area contributed by atoms with Crippen molar-refractivity contribution >= 4 is 39.8 Å². The van der Waals surface area contributed by atoms with Crippen molar-refractivity contribution in [2.24, 2.45) is 0 Å². The maximum atomic E-state index is 2.70. The summed E-state index contributed by atoms with van der Waals surface area (Å²) in [7, 11) is 0. The summed E-state index contributed by atoms with van der Waals surface area (Å²) in [5.74, 6) is 0. The van der Waals surface area contributed by atoms with Gasteiger partial charge in [0.1, 0.15) is 0 Å². The fourth-order valence-electron chi connectivity index (χ4n) is 12.7. The van der Waals surface area contributed by atoms with Crippen molar-refractivity contribution in [3.8, 4) is 22.3 Å². The second-order valence-corrected chi connectivity index (χ2v) is 21.6. The lowest BCUT2D eigenvalue weighted by Crippen LogP contribution is -2.43. The molecule has 0 heterocycles. The molecule has 0 fully saturated rings. The molecule has 75 heavy (non-hydrogen) atoms. The summed E-state index contributed by atoms with van der Waals surface area (Å²) in [4.78, 5) is 7.67. The molecule has 0 spiro atoms. The molecule has 0 bridgehead atoms. The second-order valence-electron chi connectivity index (χ2n) is 21.6. The standard InChI is InChI=1S/C72H83N3/c1-8-14-16-30-52-71(53-31-17-15-9-2)68-54-58(72(12-5,13-6)75(62-36-26-20-27-37-62)63-38-28-21-29-39-63)44-50-66(68)67-51-49-65(55-69(67)71)73(59-32-22-18-23-33-59)60-45-40-56(41-46-60)57-42-47-64(48-43-57)74(70(7,10-3)11-4)61-34-24-19-25-35-61/h18-29,32-51,54-55H,8-17,30-31,52-53H2,1-7H3. The molecule has 0 N–H and O–H groups in total. The molecular weight excluding hydrogens is 907 g/mol. The van der Waals surface area contributed by atoms with E-state index in [1.807, 2.05) is 0 Å². The zero-order valence-corrected chi connectivity index (χ0v) is 46.4. The van der Waals surface area contributed by atoms with Crippen LogP contribution in [0.25, 0.3) is 22.3 Å². The lowest BCUT2D eigenvalue weighted by molar-refractivity contribution is 0.390. The van der Waals surface area contributed by atoms with E-state index in [1.54, 1.807) is 0 Å². The van der Waals surface area contributed by atoms with Gasteiger partial charge in [0, 0.05) is 50.8 Å². The molecule has 0 amide bonds. The fourth-order valence-corrected chi connectivity index (χ4v) is 12.7. The number of nitrogens with zero attached hydrogens (tertiary/aromatic N) is 3. The minimum absolute atomic E-state index is 0.00148. The van der Waals surface area contributed by atoms with Crippen LogP contribution in [0.5, 0.6) is 0 Å². The Bertz CT molecular complexity index is 2960. The van der Waals surface area contributed by atoms with Crippen LogP contribution in [0.4, 0.5) is 39.8 Å². The van der Waals surface area contributed by atoms with E-state index in [9.17, 15) is 0 Å². The Balaban J connectivity index is 1.14. The van der Waals surface area contributed by atoms with E-state index in [0.717, 1.165) is 49.9 Å². The van der Waals surface area contributed by atoms with Gasteiger partial charge in [-0.15, -0.1) is 0 Å². The monoisotopic (exact) mass is 990 g/mol. The molecule has 0 radical (unpaired) electrons. The van der Waals surface area contributed by atoms with Crippen LogP contribution in [-0.2, 0) is 11.0 Å². The molecule has 0 atom stereocenters. The quantitative estimate of drug-likeness (QED) is 0.0528. The third-order valence-electron chi connectivity index (χ3n) is 17.4. The summed E-state index contributed by atoms with van der Waals surface area (Å²) in [6, 6.07) is 77.8. The third kappa shape index (κ3) is 10.7. The number of hydrogen-bond donors (Lipinski definition) is 0. The Morgan fingerprint density at radius 2 is 0.733 bits per heavy atom. The highest BCUT2D eigenvalue weighted by atomic mass is 15.2. The highest BCUT2D eigenvalue weighted by Crippen LogP contribution is 2.57. The summed E-state index contributed by atoms with van der Waals surface area (Å²) in [5, 5.41) is 0. The minimum Gasteiger partial charge on any atom is -0.336 e. The largest absolute Gasteiger partial charge is 0.336 e. The van der Waals surface area contributed by atoms with Gasteiger partial charge in [0.15, 0.2) is 0 Å². The van der Waals surface area contributed by atoms with E-state index in [4.69, 9.17) is 0 Å². The van der Waals surface area contributed by atoms with Crippen LogP contribution in [0.15, 0.2) is 206 Å². The second kappa shape index (κ2) is 24.2. The minimum atomic E-state index is -0.264. The molecule has 0 saturated heterocycles. The molecule has 8 aromatic carbocycles. The Hall–Kier alpha value is -6.84. The smallest absolute Gasteiger partial charge is 0.0697 e. The van der Waals surface area contributed by atoms with Gasteiger partial charge in [-0.1, -0.05) is 214 Å². The first-order chi connectivity index (χ1) is 36.8. The predicted molar refractivity (Wildman–Crippen MR) is 325 cm³/mol. The first-order valence-electron chi connectivity index (χ1n) is 28.9. The predicted octanol–water partition coefficient (Wildman–Crippen LogP) is 21.6. The number of para-hydroxylation sites is 4. The molecule has 0 aliphatic heterocycles. The molecule has 0 aromatic heterocycles. The van der Waals surface area contributed by atoms with Crippen molar-refractivity contribution in [3.05, 3.63) is 223 Å². The average Bonchev–Trinajstić information content (AvgIpc) is 3.74. The van der Waals surface area contributed by atoms with Crippen molar-refractivity contribution in [2.45, 2.75) is 155 Å². The zero-order chi connectivity index (χ0) is 52.3. The zero-order valence-electron chi connectivity index (χ0n) is 46.4. The molecule has 3 nitrogen and oxygen atoms in total. The van der Waals surface area contributed by atoms with E-state index < -0.39 is 0 Å². The number of rotatable bonds is 25. The van der Waals surface area contributed by atoms with Gasteiger partial charge in [-0.25, -0.2) is 0 Å². The van der Waals surface area contributed by atoms with Crippen LogP contribution in [0, 0.1) is 0 Å². The maximum Gasteiger partial charge on any atom is 0.0697 e. The Morgan fingerprint density at radius 3 is 1.19 bits per heavy atom. The molecule has 0 unspecified atom stereocenters. The van der Waals surface area contributed by atoms with Crippen LogP contribution < -0.4 is 14.7 Å². The summed E-state index contributed by atoms with van der Waals surface area (Å²) >= 11 is 0. The highest BCUT2D eigenvalue weighted by Gasteiger charge is 2.45. The fraction of sp³-hybridized carbons (Fsp3) is 0.333. The van der Waals surface area contributed by atoms with Gasteiger partial charge in [0.2, 0.25) is 0 Å². The Kier molecular flexibility index (Phi) is 17.1. The lowest BCUT2D eigenvalue weighted by Gasteiger charge is -2.46. The lowest BCUT2D eigenvalue weighted by atomic mass is 9.69. The van der Waals surface area contributed by atoms with Gasteiger partial charge in [-0.3, -0.25) is 0 Å². The average molecular weight is 990 g/mol. The van der Waals surface area contributed by atoms with Gasteiger partial charge >= 0.3 is 0 Å². The number of anilines is 7. The molecule has 1 aliphatic rings. The molecule has 1 aliphatic carbocycles. The summed E-state index contributed by atoms with van der Waals surface area (Å²) < 4.78 is 0. The topological polar surface area (TPSA) is 9.72 Å². The molecule has 386 valence electrons. The van der Waals surface area contributed by atoms with E-state index in [0.29, 0.717) is 0 Å². The van der Waals surface area contributed by atoms with Gasteiger partial charge in [0.25, 0.3) is 0 Å². The third-order valence-corrected chi connectivity index (χ3v) is 17.4. The summed E-state index contributed by atoms with van der Waals surface area (Å²) in [6.45, 7) is 16.5. The van der Waals surface area contributed by atoms with Crippen LogP contribution in [0.1, 0.15) is 155 Å². The first-order valence-corrected chi connectivity index (χ1v) is 28.9. The SMILES string of the molecule is CCCCCCC1(CCCCCC)c2cc(N(c3ccccc3)c3ccc(-c4ccc(N(c5ccccc5)C(C)(CC)CC)cc4)cc3)ccc2-c2ccc(C(CC)(CC)N(c3ccccc3)c3ccccc3)cc21. The Labute approximate surface area is 452 Å². The van der Waals surface area contributed by atoms with Crippen molar-refractivity contribution in [2.75, 3.05) is 14.7 Å². The van der Waals surface area contributed by atoms with Gasteiger partial charge in [-0.05, 0) is 169 Å². The molecule has 9 rings (SSSR count). The van der Waals surface area contributed by atoms with Crippen molar-refractivity contribution in [3.63, 3.8) is 0 Å². The van der Waals surface area contributed by atoms with E-state index >= 15 is 0 Å². The molecule has 8 aromatic rings.